The molecule has 0 atom stereocenters. The average molecular weight is 414 g/mol. The molecule has 3 aromatic heterocycles. The third-order valence-corrected chi connectivity index (χ3v) is 5.45. The van der Waals surface area contributed by atoms with Gasteiger partial charge in [-0.15, -0.1) is 0 Å². The van der Waals surface area contributed by atoms with Gasteiger partial charge in [-0.05, 0) is 18.2 Å². The Morgan fingerprint density at radius 3 is 2.52 bits per heavy atom. The van der Waals surface area contributed by atoms with Crippen LogP contribution in [0, 0.1) is 0 Å². The van der Waals surface area contributed by atoms with E-state index in [2.05, 4.69) is 28.0 Å². The number of pyridine rings is 1. The minimum atomic E-state index is -4.58. The molecule has 0 aliphatic carbocycles. The Morgan fingerprint density at radius 1 is 1.19 bits per heavy atom. The number of fused-ring (bicyclic) bond motifs is 1. The highest BCUT2D eigenvalue weighted by Crippen LogP contribution is 2.32. The summed E-state index contributed by atoms with van der Waals surface area (Å²) in [5.74, 6) is -1.18. The summed E-state index contributed by atoms with van der Waals surface area (Å²) in [6.45, 7) is 5.21. The van der Waals surface area contributed by atoms with Crippen molar-refractivity contribution in [3.8, 4) is 11.3 Å². The average Bonchev–Trinajstić information content (AvgIpc) is 2.98. The van der Waals surface area contributed by atoms with Crippen LogP contribution in [0.5, 0.6) is 0 Å². The van der Waals surface area contributed by atoms with Crippen LogP contribution < -0.4 is 0 Å². The quantitative estimate of drug-likeness (QED) is 0.426. The standard InChI is InChI=1S/C17H17ClF3N4OSi/c1-27(2)6-5-26-10-25-14(7-12-13(18)3-4-22-15(12)25)11-8-23-16(24-9-11)17(19,20)21/h3-4,7-9H,5-6,10H2,1-2H3. The second kappa shape index (κ2) is 7.95. The van der Waals surface area contributed by atoms with E-state index in [1.54, 1.807) is 22.9 Å². The van der Waals surface area contributed by atoms with E-state index < -0.39 is 20.8 Å². The second-order valence-electron chi connectivity index (χ2n) is 6.28. The molecule has 0 saturated carbocycles. The molecule has 0 amide bonds. The number of halogens is 4. The Morgan fingerprint density at radius 2 is 1.89 bits per heavy atom. The summed E-state index contributed by atoms with van der Waals surface area (Å²) < 4.78 is 45.7. The Labute approximate surface area is 160 Å². The number of aromatic nitrogens is 4. The largest absolute Gasteiger partial charge is 0.451 e. The normalized spacial score (nSPS) is 12.3. The van der Waals surface area contributed by atoms with Crippen molar-refractivity contribution in [2.45, 2.75) is 32.0 Å². The van der Waals surface area contributed by atoms with E-state index in [-0.39, 0.29) is 6.73 Å². The minimum absolute atomic E-state index is 0.211. The maximum absolute atomic E-state index is 12.7. The van der Waals surface area contributed by atoms with Crippen molar-refractivity contribution >= 4 is 31.4 Å². The molecule has 0 spiro atoms. The van der Waals surface area contributed by atoms with E-state index in [9.17, 15) is 13.2 Å². The molecule has 3 heterocycles. The summed E-state index contributed by atoms with van der Waals surface area (Å²) >= 11 is 6.25. The Kier molecular flexibility index (Phi) is 5.83. The molecule has 0 saturated heterocycles. The molecule has 10 heteroatoms. The first-order valence-corrected chi connectivity index (χ1v) is 11.3. The van der Waals surface area contributed by atoms with Crippen molar-refractivity contribution in [2.24, 2.45) is 0 Å². The molecule has 27 heavy (non-hydrogen) atoms. The number of hydrogen-bond acceptors (Lipinski definition) is 4. The smallest absolute Gasteiger partial charge is 0.361 e. The van der Waals surface area contributed by atoms with Crippen molar-refractivity contribution in [1.82, 2.24) is 19.5 Å². The molecule has 0 aliphatic heterocycles. The van der Waals surface area contributed by atoms with Crippen LogP contribution in [0.15, 0.2) is 30.7 Å². The highest BCUT2D eigenvalue weighted by atomic mass is 35.5. The number of ether oxygens (including phenoxy) is 1. The van der Waals surface area contributed by atoms with Crippen molar-refractivity contribution in [3.63, 3.8) is 0 Å². The van der Waals surface area contributed by atoms with Crippen LogP contribution in [0.4, 0.5) is 13.2 Å². The zero-order valence-corrected chi connectivity index (χ0v) is 16.5. The summed E-state index contributed by atoms with van der Waals surface area (Å²) in [4.78, 5) is 11.2. The lowest BCUT2D eigenvalue weighted by atomic mass is 10.2. The maximum atomic E-state index is 12.7. The Hall–Kier alpha value is -1.97. The third-order valence-electron chi connectivity index (χ3n) is 3.91. The zero-order chi connectivity index (χ0) is 19.6. The number of alkyl halides is 3. The molecule has 0 bridgehead atoms. The predicted octanol–water partition coefficient (Wildman–Crippen LogP) is 4.89. The van der Waals surface area contributed by atoms with E-state index in [0.29, 0.717) is 33.9 Å². The van der Waals surface area contributed by atoms with Gasteiger partial charge in [0.15, 0.2) is 0 Å². The molecule has 3 aromatic rings. The lowest BCUT2D eigenvalue weighted by Crippen LogP contribution is -2.11. The van der Waals surface area contributed by atoms with Crippen LogP contribution in [0.2, 0.25) is 24.2 Å². The lowest BCUT2D eigenvalue weighted by molar-refractivity contribution is -0.144. The van der Waals surface area contributed by atoms with Crippen LogP contribution in [0.3, 0.4) is 0 Å². The van der Waals surface area contributed by atoms with E-state index in [1.807, 2.05) is 0 Å². The summed E-state index contributed by atoms with van der Waals surface area (Å²) in [5, 5.41) is 1.19. The monoisotopic (exact) mass is 413 g/mol. The second-order valence-corrected chi connectivity index (χ2v) is 9.60. The van der Waals surface area contributed by atoms with E-state index >= 15 is 0 Å². The highest BCUT2D eigenvalue weighted by Gasteiger charge is 2.34. The lowest BCUT2D eigenvalue weighted by Gasteiger charge is -2.12. The van der Waals surface area contributed by atoms with Crippen LogP contribution in [0.25, 0.3) is 22.3 Å². The fourth-order valence-electron chi connectivity index (χ4n) is 2.53. The Bertz CT molecular complexity index is 928. The molecular weight excluding hydrogens is 397 g/mol. The van der Waals surface area contributed by atoms with Crippen molar-refractivity contribution in [3.05, 3.63) is 41.6 Å². The van der Waals surface area contributed by atoms with Gasteiger partial charge >= 0.3 is 6.18 Å². The highest BCUT2D eigenvalue weighted by molar-refractivity contribution is 6.55. The molecule has 3 rings (SSSR count). The fourth-order valence-corrected chi connectivity index (χ4v) is 3.27. The first-order valence-electron chi connectivity index (χ1n) is 8.17. The number of hydrogen-bond donors (Lipinski definition) is 0. The molecule has 0 unspecified atom stereocenters. The van der Waals surface area contributed by atoms with Crippen LogP contribution in [0.1, 0.15) is 5.82 Å². The number of rotatable bonds is 6. The number of nitrogens with zero attached hydrogens (tertiary/aromatic N) is 4. The minimum Gasteiger partial charge on any atom is -0.361 e. The first kappa shape index (κ1) is 19.8. The molecule has 143 valence electrons. The van der Waals surface area contributed by atoms with E-state index in [0.717, 1.165) is 18.4 Å². The van der Waals surface area contributed by atoms with Gasteiger partial charge in [-0.3, -0.25) is 0 Å². The zero-order valence-electron chi connectivity index (χ0n) is 14.7. The van der Waals surface area contributed by atoms with Gasteiger partial charge in [0, 0.05) is 44.9 Å². The van der Waals surface area contributed by atoms with Gasteiger partial charge in [0.2, 0.25) is 5.82 Å². The van der Waals surface area contributed by atoms with Gasteiger partial charge in [0.05, 0.1) is 10.7 Å². The van der Waals surface area contributed by atoms with Gasteiger partial charge < -0.3 is 9.30 Å². The van der Waals surface area contributed by atoms with E-state index in [4.69, 9.17) is 16.3 Å². The molecule has 0 fully saturated rings. The molecular formula is C17H17ClF3N4OSi. The SMILES string of the molecule is C[Si](C)CCOCn1c(-c2cnc(C(F)(F)F)nc2)cc2c(Cl)ccnc21. The van der Waals surface area contributed by atoms with Gasteiger partial charge in [-0.2, -0.15) is 13.2 Å². The topological polar surface area (TPSA) is 52.8 Å². The van der Waals surface area contributed by atoms with Gasteiger partial charge in [0.25, 0.3) is 0 Å². The summed E-state index contributed by atoms with van der Waals surface area (Å²) in [7, 11) is -0.402. The molecule has 0 N–H and O–H groups in total. The summed E-state index contributed by atoms with van der Waals surface area (Å²) in [5.41, 5.74) is 1.62. The van der Waals surface area contributed by atoms with Crippen LogP contribution in [-0.2, 0) is 17.6 Å². The third kappa shape index (κ3) is 4.48. The summed E-state index contributed by atoms with van der Waals surface area (Å²) in [6, 6.07) is 4.41. The van der Waals surface area contributed by atoms with Gasteiger partial charge in [-0.25, -0.2) is 15.0 Å². The first-order chi connectivity index (χ1) is 12.8. The van der Waals surface area contributed by atoms with Crippen LogP contribution >= 0.6 is 11.6 Å². The van der Waals surface area contributed by atoms with Crippen molar-refractivity contribution < 1.29 is 17.9 Å². The Balaban J connectivity index is 1.98. The molecule has 1 radical (unpaired) electrons. The maximum Gasteiger partial charge on any atom is 0.451 e. The van der Waals surface area contributed by atoms with E-state index in [1.165, 1.54) is 0 Å². The van der Waals surface area contributed by atoms with Crippen molar-refractivity contribution in [1.29, 1.82) is 0 Å². The van der Waals surface area contributed by atoms with Gasteiger partial charge in [0.1, 0.15) is 12.4 Å². The van der Waals surface area contributed by atoms with Gasteiger partial charge in [-0.1, -0.05) is 24.7 Å². The van der Waals surface area contributed by atoms with Crippen molar-refractivity contribution in [2.75, 3.05) is 6.61 Å². The molecule has 5 nitrogen and oxygen atoms in total. The fraction of sp³-hybridized carbons (Fsp3) is 0.353. The molecule has 0 aliphatic rings. The van der Waals surface area contributed by atoms with Crippen LogP contribution in [-0.4, -0.2) is 34.9 Å². The summed E-state index contributed by atoms with van der Waals surface area (Å²) in [6.07, 6.45) is -0.715. The predicted molar refractivity (Wildman–Crippen MR) is 99.0 cm³/mol. The molecule has 0 aromatic carbocycles.